The summed E-state index contributed by atoms with van der Waals surface area (Å²) in [4.78, 5) is 23.0. The number of aliphatic carboxylic acids is 1. The van der Waals surface area contributed by atoms with Gasteiger partial charge in [-0.25, -0.2) is 9.59 Å². The van der Waals surface area contributed by atoms with Crippen LogP contribution in [0.3, 0.4) is 0 Å². The summed E-state index contributed by atoms with van der Waals surface area (Å²) in [5, 5.41) is 11.6. The molecule has 0 aliphatic rings. The number of rotatable bonds is 6. The van der Waals surface area contributed by atoms with Crippen molar-refractivity contribution in [1.29, 1.82) is 0 Å². The Morgan fingerprint density at radius 1 is 1.32 bits per heavy atom. The molecule has 1 rings (SSSR count). The van der Waals surface area contributed by atoms with Gasteiger partial charge in [0.2, 0.25) is 0 Å². The van der Waals surface area contributed by atoms with Crippen LogP contribution in [0.2, 0.25) is 0 Å². The Bertz CT molecular complexity index is 522. The molecule has 0 spiro atoms. The lowest BCUT2D eigenvalue weighted by atomic mass is 10.1. The summed E-state index contributed by atoms with van der Waals surface area (Å²) in [6.45, 7) is 7.55. The minimum absolute atomic E-state index is 0.148. The van der Waals surface area contributed by atoms with Gasteiger partial charge in [-0.2, -0.15) is 0 Å². The van der Waals surface area contributed by atoms with Gasteiger partial charge in [-0.15, -0.1) is 0 Å². The molecule has 1 aromatic rings. The molecule has 0 saturated heterocycles. The predicted octanol–water partition coefficient (Wildman–Crippen LogP) is 2.61. The predicted molar refractivity (Wildman–Crippen MR) is 82.1 cm³/mol. The van der Waals surface area contributed by atoms with Crippen LogP contribution >= 0.6 is 0 Å². The van der Waals surface area contributed by atoms with Crippen molar-refractivity contribution in [2.45, 2.75) is 45.8 Å². The van der Waals surface area contributed by atoms with Crippen LogP contribution in [0, 0.1) is 0 Å². The Morgan fingerprint density at radius 2 is 2.00 bits per heavy atom. The molecule has 1 atom stereocenters. The summed E-state index contributed by atoms with van der Waals surface area (Å²) in [5.74, 6) is -0.450. The van der Waals surface area contributed by atoms with Crippen molar-refractivity contribution in [2.24, 2.45) is 0 Å². The van der Waals surface area contributed by atoms with Crippen molar-refractivity contribution < 1.29 is 24.2 Å². The van der Waals surface area contributed by atoms with Crippen molar-refractivity contribution >= 4 is 12.1 Å². The molecule has 0 aromatic heterocycles. The molecule has 0 bridgehead atoms. The summed E-state index contributed by atoms with van der Waals surface area (Å²) in [7, 11) is 0. The van der Waals surface area contributed by atoms with Crippen LogP contribution in [0.15, 0.2) is 24.3 Å². The molecule has 22 heavy (non-hydrogen) atoms. The number of carboxylic acids is 1. The second-order valence-electron chi connectivity index (χ2n) is 5.82. The summed E-state index contributed by atoms with van der Waals surface area (Å²) in [6.07, 6.45) is -0.601. The average Bonchev–Trinajstić information content (AvgIpc) is 2.36. The summed E-state index contributed by atoms with van der Waals surface area (Å²) >= 11 is 0. The van der Waals surface area contributed by atoms with Crippen LogP contribution in [0.1, 0.15) is 33.3 Å². The second-order valence-corrected chi connectivity index (χ2v) is 5.82. The number of carbonyl (C=O) groups excluding carboxylic acids is 1. The zero-order valence-electron chi connectivity index (χ0n) is 13.4. The maximum Gasteiger partial charge on any atom is 0.408 e. The zero-order valence-corrected chi connectivity index (χ0v) is 13.4. The summed E-state index contributed by atoms with van der Waals surface area (Å²) in [5.41, 5.74) is 0.0802. The van der Waals surface area contributed by atoms with Crippen molar-refractivity contribution in [3.8, 4) is 5.75 Å². The van der Waals surface area contributed by atoms with E-state index in [1.807, 2.05) is 6.92 Å². The van der Waals surface area contributed by atoms with E-state index in [9.17, 15) is 14.7 Å². The number of benzene rings is 1. The third kappa shape index (κ3) is 6.47. The van der Waals surface area contributed by atoms with E-state index in [1.165, 1.54) is 0 Å². The summed E-state index contributed by atoms with van der Waals surface area (Å²) in [6, 6.07) is 6.06. The Labute approximate surface area is 130 Å². The third-order valence-corrected chi connectivity index (χ3v) is 2.64. The van der Waals surface area contributed by atoms with Gasteiger partial charge in [-0.1, -0.05) is 12.1 Å². The van der Waals surface area contributed by atoms with E-state index < -0.39 is 23.7 Å². The summed E-state index contributed by atoms with van der Waals surface area (Å²) < 4.78 is 10.5. The largest absolute Gasteiger partial charge is 0.494 e. The zero-order chi connectivity index (χ0) is 16.8. The highest BCUT2D eigenvalue weighted by atomic mass is 16.6. The van der Waals surface area contributed by atoms with Gasteiger partial charge < -0.3 is 19.9 Å². The highest BCUT2D eigenvalue weighted by Crippen LogP contribution is 2.15. The Balaban J connectivity index is 2.74. The topological polar surface area (TPSA) is 84.9 Å². The van der Waals surface area contributed by atoms with E-state index in [2.05, 4.69) is 5.32 Å². The fourth-order valence-corrected chi connectivity index (χ4v) is 1.81. The molecule has 0 aliphatic heterocycles. The van der Waals surface area contributed by atoms with Crippen molar-refractivity contribution in [2.75, 3.05) is 6.61 Å². The van der Waals surface area contributed by atoms with E-state index in [1.54, 1.807) is 45.0 Å². The van der Waals surface area contributed by atoms with Gasteiger partial charge >= 0.3 is 12.1 Å². The van der Waals surface area contributed by atoms with E-state index in [-0.39, 0.29) is 6.42 Å². The fraction of sp³-hybridized carbons (Fsp3) is 0.500. The molecule has 0 aliphatic carbocycles. The highest BCUT2D eigenvalue weighted by molar-refractivity contribution is 5.80. The van der Waals surface area contributed by atoms with Crippen LogP contribution in [0.4, 0.5) is 4.79 Å². The first-order chi connectivity index (χ1) is 10.2. The van der Waals surface area contributed by atoms with E-state index >= 15 is 0 Å². The highest BCUT2D eigenvalue weighted by Gasteiger charge is 2.24. The Hall–Kier alpha value is -2.24. The average molecular weight is 309 g/mol. The standard InChI is InChI=1S/C16H23NO5/c1-5-21-12-8-6-7-11(9-12)10-13(14(18)19)17-15(20)22-16(2,3)4/h6-9,13H,5,10H2,1-4H3,(H,17,20)(H,18,19)/t13-/m1/s1. The maximum atomic E-state index is 11.7. The first-order valence-corrected chi connectivity index (χ1v) is 7.15. The maximum absolute atomic E-state index is 11.7. The van der Waals surface area contributed by atoms with Gasteiger partial charge in [0, 0.05) is 6.42 Å². The van der Waals surface area contributed by atoms with Gasteiger partial charge in [-0.3, -0.25) is 0 Å². The first kappa shape index (κ1) is 17.8. The molecule has 1 aromatic carbocycles. The monoisotopic (exact) mass is 309 g/mol. The Morgan fingerprint density at radius 3 is 2.55 bits per heavy atom. The number of hydrogen-bond acceptors (Lipinski definition) is 4. The van der Waals surface area contributed by atoms with Crippen LogP contribution in [0.5, 0.6) is 5.75 Å². The molecule has 6 nitrogen and oxygen atoms in total. The number of carbonyl (C=O) groups is 2. The molecule has 2 N–H and O–H groups in total. The van der Waals surface area contributed by atoms with Gasteiger partial charge in [0.25, 0.3) is 0 Å². The fourth-order valence-electron chi connectivity index (χ4n) is 1.81. The van der Waals surface area contributed by atoms with E-state index in [0.29, 0.717) is 12.4 Å². The van der Waals surface area contributed by atoms with Gasteiger partial charge in [0.15, 0.2) is 0 Å². The number of hydrogen-bond donors (Lipinski definition) is 2. The molecular formula is C16H23NO5. The Kier molecular flexibility index (Phi) is 6.22. The van der Waals surface area contributed by atoms with Crippen LogP contribution in [-0.2, 0) is 16.0 Å². The van der Waals surface area contributed by atoms with Crippen molar-refractivity contribution in [3.63, 3.8) is 0 Å². The SMILES string of the molecule is CCOc1cccc(C[C@@H](NC(=O)OC(C)(C)C)C(=O)O)c1. The molecule has 1 amide bonds. The quantitative estimate of drug-likeness (QED) is 0.843. The van der Waals surface area contributed by atoms with Crippen molar-refractivity contribution in [1.82, 2.24) is 5.32 Å². The molecule has 0 fully saturated rings. The number of nitrogens with one attached hydrogen (secondary N) is 1. The lowest BCUT2D eigenvalue weighted by Crippen LogP contribution is -2.44. The number of carboxylic acid groups (broad SMARTS) is 1. The normalized spacial score (nSPS) is 12.4. The van der Waals surface area contributed by atoms with Crippen LogP contribution in [0.25, 0.3) is 0 Å². The lowest BCUT2D eigenvalue weighted by Gasteiger charge is -2.22. The number of amides is 1. The molecule has 122 valence electrons. The molecular weight excluding hydrogens is 286 g/mol. The molecule has 0 radical (unpaired) electrons. The molecule has 0 saturated carbocycles. The molecule has 6 heteroatoms. The van der Waals surface area contributed by atoms with Crippen molar-refractivity contribution in [3.05, 3.63) is 29.8 Å². The van der Waals surface area contributed by atoms with Crippen LogP contribution < -0.4 is 10.1 Å². The molecule has 0 unspecified atom stereocenters. The number of alkyl carbamates (subject to hydrolysis) is 1. The minimum atomic E-state index is -1.12. The smallest absolute Gasteiger partial charge is 0.408 e. The second kappa shape index (κ2) is 7.68. The van der Waals surface area contributed by atoms with Crippen LogP contribution in [-0.4, -0.2) is 35.4 Å². The van der Waals surface area contributed by atoms with Gasteiger partial charge in [0.05, 0.1) is 6.61 Å². The molecule has 0 heterocycles. The first-order valence-electron chi connectivity index (χ1n) is 7.15. The van der Waals surface area contributed by atoms with E-state index in [4.69, 9.17) is 9.47 Å². The minimum Gasteiger partial charge on any atom is -0.494 e. The number of ether oxygens (including phenoxy) is 2. The lowest BCUT2D eigenvalue weighted by molar-refractivity contribution is -0.139. The van der Waals surface area contributed by atoms with Gasteiger partial charge in [0.1, 0.15) is 17.4 Å². The third-order valence-electron chi connectivity index (χ3n) is 2.64. The van der Waals surface area contributed by atoms with Gasteiger partial charge in [-0.05, 0) is 45.4 Å². The van der Waals surface area contributed by atoms with E-state index in [0.717, 1.165) is 5.56 Å².